The molecule has 1 aromatic rings. The molecule has 3 N–H and O–H groups in total. The summed E-state index contributed by atoms with van der Waals surface area (Å²) in [5, 5.41) is 9.09. The lowest BCUT2D eigenvalue weighted by atomic mass is 10.3. The van der Waals surface area contributed by atoms with Crippen LogP contribution < -0.4 is 5.73 Å². The first-order valence-corrected chi connectivity index (χ1v) is 4.42. The summed E-state index contributed by atoms with van der Waals surface area (Å²) in [5.74, 6) is 0.179. The minimum absolute atomic E-state index is 0.179. The summed E-state index contributed by atoms with van der Waals surface area (Å²) >= 11 is 5.27. The molecule has 0 fully saturated rings. The Morgan fingerprint density at radius 2 is 2.10 bits per heavy atom. The lowest BCUT2D eigenvalue weighted by molar-refractivity contribution is 0.472. The van der Waals surface area contributed by atoms with Gasteiger partial charge < -0.3 is 10.8 Å². The Bertz CT molecular complexity index is 214. The molecular weight excluding hydrogens is 309 g/mol. The Labute approximate surface area is 80.7 Å². The van der Waals surface area contributed by atoms with Crippen LogP contribution in [0.1, 0.15) is 0 Å². The van der Waals surface area contributed by atoms with E-state index in [0.717, 1.165) is 3.57 Å². The van der Waals surface area contributed by atoms with Gasteiger partial charge in [-0.25, -0.2) is 0 Å². The Hall–Kier alpha value is 0.0300. The second-order valence-electron chi connectivity index (χ2n) is 1.83. The van der Waals surface area contributed by atoms with Crippen LogP contribution in [-0.4, -0.2) is 5.11 Å². The van der Waals surface area contributed by atoms with Gasteiger partial charge in [0.15, 0.2) is 0 Å². The van der Waals surface area contributed by atoms with Crippen molar-refractivity contribution in [3.8, 4) is 5.75 Å². The highest BCUT2D eigenvalue weighted by Crippen LogP contribution is 2.29. The number of hydrogen-bond acceptors (Lipinski definition) is 2. The van der Waals surface area contributed by atoms with Gasteiger partial charge in [0, 0.05) is 15.3 Å². The van der Waals surface area contributed by atoms with Crippen LogP contribution in [0.5, 0.6) is 5.75 Å². The fraction of sp³-hybridized carbons (Fsp3) is 0. The van der Waals surface area contributed by atoms with Gasteiger partial charge in [-0.1, -0.05) is 0 Å². The number of nitrogen functional groups attached to an aromatic ring is 1. The largest absolute Gasteiger partial charge is 0.507 e. The fourth-order valence-electron chi connectivity index (χ4n) is 0.554. The van der Waals surface area contributed by atoms with Gasteiger partial charge in [-0.15, -0.1) is 0 Å². The molecule has 0 saturated heterocycles. The number of phenols is 1. The van der Waals surface area contributed by atoms with Crippen LogP contribution in [-0.2, 0) is 0 Å². The van der Waals surface area contributed by atoms with Gasteiger partial charge in [0.05, 0.1) is 4.47 Å². The molecule has 0 bridgehead atoms. The van der Waals surface area contributed by atoms with E-state index in [1.165, 1.54) is 6.07 Å². The summed E-state index contributed by atoms with van der Waals surface area (Å²) in [6.45, 7) is 0. The summed E-state index contributed by atoms with van der Waals surface area (Å²) in [6.07, 6.45) is 0. The van der Waals surface area contributed by atoms with Gasteiger partial charge in [-0.2, -0.15) is 0 Å². The number of hydrogen-bond donors (Lipinski definition) is 2. The second-order valence-corrected chi connectivity index (χ2v) is 3.84. The lowest BCUT2D eigenvalue weighted by Crippen LogP contribution is -1.88. The number of benzene rings is 1. The monoisotopic (exact) mass is 313 g/mol. The average molecular weight is 314 g/mol. The van der Waals surface area contributed by atoms with Crippen LogP contribution >= 0.6 is 38.5 Å². The number of aromatic hydroxyl groups is 1. The molecule has 0 unspecified atom stereocenters. The quantitative estimate of drug-likeness (QED) is 0.570. The van der Waals surface area contributed by atoms with E-state index in [0.29, 0.717) is 10.2 Å². The number of phenolic OH excluding ortho intramolecular Hbond substituents is 1. The van der Waals surface area contributed by atoms with Crippen molar-refractivity contribution in [1.82, 2.24) is 0 Å². The third-order valence-electron chi connectivity index (χ3n) is 1.07. The molecule has 1 aromatic carbocycles. The molecule has 0 radical (unpaired) electrons. The van der Waals surface area contributed by atoms with Crippen molar-refractivity contribution in [2.75, 3.05) is 5.73 Å². The van der Waals surface area contributed by atoms with Crippen LogP contribution in [0.25, 0.3) is 0 Å². The van der Waals surface area contributed by atoms with E-state index in [4.69, 9.17) is 10.8 Å². The first-order chi connectivity index (χ1) is 4.61. The van der Waals surface area contributed by atoms with Gasteiger partial charge in [0.1, 0.15) is 5.75 Å². The van der Waals surface area contributed by atoms with Crippen LogP contribution in [0, 0.1) is 3.57 Å². The minimum Gasteiger partial charge on any atom is -0.507 e. The van der Waals surface area contributed by atoms with Crippen molar-refractivity contribution >= 4 is 44.2 Å². The molecule has 1 rings (SSSR count). The van der Waals surface area contributed by atoms with E-state index in [2.05, 4.69) is 38.5 Å². The third kappa shape index (κ3) is 1.54. The molecule has 0 amide bonds. The molecule has 0 aliphatic heterocycles. The van der Waals surface area contributed by atoms with E-state index in [-0.39, 0.29) is 5.75 Å². The van der Waals surface area contributed by atoms with Crippen LogP contribution in [0.15, 0.2) is 16.6 Å². The smallest absolute Gasteiger partial charge is 0.131 e. The van der Waals surface area contributed by atoms with Crippen LogP contribution in [0.2, 0.25) is 0 Å². The summed E-state index contributed by atoms with van der Waals surface area (Å²) in [5.41, 5.74) is 6.10. The van der Waals surface area contributed by atoms with Crippen molar-refractivity contribution in [1.29, 1.82) is 0 Å². The normalized spacial score (nSPS) is 9.80. The zero-order valence-corrected chi connectivity index (χ0v) is 8.68. The molecule has 0 aliphatic carbocycles. The number of halogens is 2. The van der Waals surface area contributed by atoms with E-state index in [1.54, 1.807) is 6.07 Å². The number of rotatable bonds is 0. The van der Waals surface area contributed by atoms with Gasteiger partial charge in [-0.05, 0) is 44.6 Å². The molecule has 0 saturated carbocycles. The molecule has 0 aliphatic rings. The molecular formula is C6H5BrINO. The van der Waals surface area contributed by atoms with Crippen molar-refractivity contribution in [2.24, 2.45) is 0 Å². The predicted molar refractivity (Wildman–Crippen MR) is 52.9 cm³/mol. The average Bonchev–Trinajstić information content (AvgIpc) is 1.84. The third-order valence-corrected chi connectivity index (χ3v) is 2.64. The molecule has 54 valence electrons. The Morgan fingerprint density at radius 1 is 1.50 bits per heavy atom. The number of anilines is 1. The summed E-state index contributed by atoms with van der Waals surface area (Å²) in [7, 11) is 0. The Balaban J connectivity index is 3.28. The highest BCUT2D eigenvalue weighted by atomic mass is 127. The Kier molecular flexibility index (Phi) is 2.40. The maximum Gasteiger partial charge on any atom is 0.131 e. The first-order valence-electron chi connectivity index (χ1n) is 2.54. The highest BCUT2D eigenvalue weighted by Gasteiger charge is 2.00. The van der Waals surface area contributed by atoms with Crippen molar-refractivity contribution in [3.63, 3.8) is 0 Å². The lowest BCUT2D eigenvalue weighted by Gasteiger charge is -2.00. The molecule has 0 spiro atoms. The second kappa shape index (κ2) is 2.96. The van der Waals surface area contributed by atoms with E-state index in [1.807, 2.05) is 0 Å². The molecule has 0 aromatic heterocycles. The van der Waals surface area contributed by atoms with Crippen LogP contribution in [0.4, 0.5) is 5.69 Å². The zero-order chi connectivity index (χ0) is 7.72. The van der Waals surface area contributed by atoms with Gasteiger partial charge in [0.25, 0.3) is 0 Å². The van der Waals surface area contributed by atoms with Gasteiger partial charge in [-0.3, -0.25) is 0 Å². The van der Waals surface area contributed by atoms with Crippen LogP contribution in [0.3, 0.4) is 0 Å². The summed E-state index contributed by atoms with van der Waals surface area (Å²) in [6, 6.07) is 3.29. The van der Waals surface area contributed by atoms with Crippen molar-refractivity contribution in [2.45, 2.75) is 0 Å². The SMILES string of the molecule is Nc1cc(O)c(Br)cc1I. The van der Waals surface area contributed by atoms with E-state index < -0.39 is 0 Å². The molecule has 0 atom stereocenters. The van der Waals surface area contributed by atoms with Crippen molar-refractivity contribution in [3.05, 3.63) is 20.2 Å². The maximum absolute atomic E-state index is 9.09. The first kappa shape index (κ1) is 8.13. The molecule has 4 heteroatoms. The highest BCUT2D eigenvalue weighted by molar-refractivity contribution is 14.1. The zero-order valence-electron chi connectivity index (χ0n) is 4.94. The minimum atomic E-state index is 0.179. The predicted octanol–water partition coefficient (Wildman–Crippen LogP) is 2.34. The number of nitrogens with two attached hydrogens (primary N) is 1. The topological polar surface area (TPSA) is 46.2 Å². The molecule has 0 heterocycles. The van der Waals surface area contributed by atoms with Gasteiger partial charge >= 0.3 is 0 Å². The molecule has 10 heavy (non-hydrogen) atoms. The van der Waals surface area contributed by atoms with E-state index in [9.17, 15) is 0 Å². The summed E-state index contributed by atoms with van der Waals surface area (Å²) < 4.78 is 1.60. The Morgan fingerprint density at radius 3 is 2.60 bits per heavy atom. The van der Waals surface area contributed by atoms with Crippen molar-refractivity contribution < 1.29 is 5.11 Å². The maximum atomic E-state index is 9.09. The fourth-order valence-corrected chi connectivity index (χ4v) is 1.79. The molecule has 2 nitrogen and oxygen atoms in total. The van der Waals surface area contributed by atoms with Gasteiger partial charge in [0.2, 0.25) is 0 Å². The van der Waals surface area contributed by atoms with E-state index >= 15 is 0 Å². The standard InChI is InChI=1S/C6H5BrINO/c7-3-1-4(8)5(9)2-6(3)10/h1-2,10H,9H2. The summed E-state index contributed by atoms with van der Waals surface area (Å²) in [4.78, 5) is 0.